The summed E-state index contributed by atoms with van der Waals surface area (Å²) in [7, 11) is 0. The lowest BCUT2D eigenvalue weighted by Gasteiger charge is -2.07. The molecule has 1 N–H and O–H groups in total. The van der Waals surface area contributed by atoms with Crippen molar-refractivity contribution in [3.8, 4) is 17.1 Å². The third-order valence-corrected chi connectivity index (χ3v) is 5.63. The predicted molar refractivity (Wildman–Crippen MR) is 125 cm³/mol. The Morgan fingerprint density at radius 1 is 0.968 bits per heavy atom. The van der Waals surface area contributed by atoms with E-state index in [1.54, 1.807) is 22.9 Å². The van der Waals surface area contributed by atoms with Crippen LogP contribution in [0.25, 0.3) is 17.1 Å². The van der Waals surface area contributed by atoms with Gasteiger partial charge in [-0.1, -0.05) is 72.1 Å². The molecule has 7 heteroatoms. The number of aromatic nitrogens is 3. The molecule has 0 aliphatic carbocycles. The maximum absolute atomic E-state index is 12.9. The van der Waals surface area contributed by atoms with Crippen LogP contribution in [0.1, 0.15) is 28.7 Å². The van der Waals surface area contributed by atoms with Gasteiger partial charge in [0.2, 0.25) is 5.82 Å². The van der Waals surface area contributed by atoms with Crippen LogP contribution < -0.4 is 5.32 Å². The zero-order valence-electron chi connectivity index (χ0n) is 17.1. The molecule has 5 nitrogen and oxygen atoms in total. The van der Waals surface area contributed by atoms with E-state index in [1.807, 2.05) is 55.5 Å². The van der Waals surface area contributed by atoms with E-state index in [0.717, 1.165) is 17.5 Å². The van der Waals surface area contributed by atoms with E-state index in [2.05, 4.69) is 22.3 Å². The first-order valence-corrected chi connectivity index (χ1v) is 10.6. The molecule has 1 aromatic heterocycles. The van der Waals surface area contributed by atoms with E-state index in [0.29, 0.717) is 27.2 Å². The van der Waals surface area contributed by atoms with Crippen LogP contribution in [0.5, 0.6) is 0 Å². The number of nitrogens with zero attached hydrogens (tertiary/aromatic N) is 3. The summed E-state index contributed by atoms with van der Waals surface area (Å²) in [5, 5.41) is 8.17. The van der Waals surface area contributed by atoms with Gasteiger partial charge < -0.3 is 5.32 Å². The monoisotopic (exact) mass is 450 g/mol. The molecular weight excluding hydrogens is 431 g/mol. The average Bonchev–Trinajstić information content (AvgIpc) is 3.22. The standard InChI is InChI=1S/C24H20Cl2N4O/c1-3-16-6-10-18(11-7-16)27-24(31)22-28-23(17-8-4-15(2)5-9-17)30(29-22)19-12-13-20(25)21(26)14-19/h4-14H,3H2,1-2H3,(H,27,31). The van der Waals surface area contributed by atoms with Gasteiger partial charge >= 0.3 is 0 Å². The SMILES string of the molecule is CCc1ccc(NC(=O)c2nc(-c3ccc(C)cc3)n(-c3ccc(Cl)c(Cl)c3)n2)cc1. The lowest BCUT2D eigenvalue weighted by atomic mass is 10.1. The average molecular weight is 451 g/mol. The van der Waals surface area contributed by atoms with Crippen molar-refractivity contribution in [1.29, 1.82) is 0 Å². The molecule has 0 saturated heterocycles. The van der Waals surface area contributed by atoms with E-state index in [9.17, 15) is 4.79 Å². The van der Waals surface area contributed by atoms with E-state index >= 15 is 0 Å². The van der Waals surface area contributed by atoms with Crippen LogP contribution >= 0.6 is 23.2 Å². The van der Waals surface area contributed by atoms with Crippen molar-refractivity contribution in [1.82, 2.24) is 14.8 Å². The topological polar surface area (TPSA) is 59.8 Å². The highest BCUT2D eigenvalue weighted by Crippen LogP contribution is 2.27. The summed E-state index contributed by atoms with van der Waals surface area (Å²) in [6.07, 6.45) is 0.934. The molecule has 0 unspecified atom stereocenters. The fourth-order valence-electron chi connectivity index (χ4n) is 3.11. The second-order valence-electron chi connectivity index (χ2n) is 7.14. The minimum absolute atomic E-state index is 0.0567. The van der Waals surface area contributed by atoms with E-state index in [-0.39, 0.29) is 5.82 Å². The van der Waals surface area contributed by atoms with Gasteiger partial charge in [-0.15, -0.1) is 5.10 Å². The molecule has 0 aliphatic rings. The summed E-state index contributed by atoms with van der Waals surface area (Å²) < 4.78 is 1.60. The Hall–Kier alpha value is -3.15. The van der Waals surface area contributed by atoms with Gasteiger partial charge in [-0.2, -0.15) is 0 Å². The molecule has 3 aromatic carbocycles. The van der Waals surface area contributed by atoms with Crippen LogP contribution in [0.3, 0.4) is 0 Å². The van der Waals surface area contributed by atoms with E-state index < -0.39 is 5.91 Å². The summed E-state index contributed by atoms with van der Waals surface area (Å²) in [6, 6.07) is 20.7. The van der Waals surface area contributed by atoms with Gasteiger partial charge in [0.15, 0.2) is 5.82 Å². The molecule has 0 saturated carbocycles. The zero-order valence-corrected chi connectivity index (χ0v) is 18.6. The van der Waals surface area contributed by atoms with Crippen LogP contribution in [0.15, 0.2) is 66.7 Å². The Labute approximate surface area is 190 Å². The molecule has 4 rings (SSSR count). The summed E-state index contributed by atoms with van der Waals surface area (Å²) in [5.41, 5.74) is 4.49. The minimum atomic E-state index is -0.392. The molecule has 4 aromatic rings. The number of hydrogen-bond donors (Lipinski definition) is 1. The molecule has 0 bridgehead atoms. The number of aryl methyl sites for hydroxylation is 2. The summed E-state index contributed by atoms with van der Waals surface area (Å²) in [5.74, 6) is 0.197. The van der Waals surface area contributed by atoms with Gasteiger partial charge in [0.1, 0.15) is 0 Å². The molecule has 1 amide bonds. The molecular formula is C24H20Cl2N4O. The largest absolute Gasteiger partial charge is 0.319 e. The second kappa shape index (κ2) is 8.92. The van der Waals surface area contributed by atoms with Crippen molar-refractivity contribution in [2.45, 2.75) is 20.3 Å². The van der Waals surface area contributed by atoms with Crippen LogP contribution in [0.2, 0.25) is 10.0 Å². The van der Waals surface area contributed by atoms with Gasteiger partial charge in [-0.3, -0.25) is 4.79 Å². The molecule has 0 fully saturated rings. The molecule has 31 heavy (non-hydrogen) atoms. The lowest BCUT2D eigenvalue weighted by Crippen LogP contribution is -2.14. The number of carbonyl (C=O) groups is 1. The van der Waals surface area contributed by atoms with Gasteiger partial charge in [-0.25, -0.2) is 9.67 Å². The summed E-state index contributed by atoms with van der Waals surface area (Å²) >= 11 is 12.3. The number of benzene rings is 3. The molecule has 1 heterocycles. The summed E-state index contributed by atoms with van der Waals surface area (Å²) in [6.45, 7) is 4.09. The van der Waals surface area contributed by atoms with Crippen molar-refractivity contribution in [2.75, 3.05) is 5.32 Å². The first kappa shape index (κ1) is 21.1. The first-order valence-electron chi connectivity index (χ1n) is 9.84. The number of halogens is 2. The Morgan fingerprint density at radius 3 is 2.32 bits per heavy atom. The Bertz CT molecular complexity index is 1230. The van der Waals surface area contributed by atoms with Crippen molar-refractivity contribution in [2.24, 2.45) is 0 Å². The molecule has 0 radical (unpaired) electrons. The smallest absolute Gasteiger partial charge is 0.295 e. The summed E-state index contributed by atoms with van der Waals surface area (Å²) in [4.78, 5) is 17.4. The highest BCUT2D eigenvalue weighted by atomic mass is 35.5. The van der Waals surface area contributed by atoms with Crippen LogP contribution in [0, 0.1) is 6.92 Å². The third-order valence-electron chi connectivity index (χ3n) is 4.89. The predicted octanol–water partition coefficient (Wildman–Crippen LogP) is 6.36. The number of carbonyl (C=O) groups excluding carboxylic acids is 1. The zero-order chi connectivity index (χ0) is 22.0. The number of nitrogens with one attached hydrogen (secondary N) is 1. The van der Waals surface area contributed by atoms with Crippen LogP contribution in [0.4, 0.5) is 5.69 Å². The maximum Gasteiger partial charge on any atom is 0.295 e. The van der Waals surface area contributed by atoms with Crippen molar-refractivity contribution in [3.05, 3.63) is 93.7 Å². The van der Waals surface area contributed by atoms with Crippen molar-refractivity contribution in [3.63, 3.8) is 0 Å². The van der Waals surface area contributed by atoms with Crippen molar-refractivity contribution >= 4 is 34.8 Å². The van der Waals surface area contributed by atoms with Crippen LogP contribution in [-0.4, -0.2) is 20.7 Å². The Kier molecular flexibility index (Phi) is 6.07. The Morgan fingerprint density at radius 2 is 1.68 bits per heavy atom. The van der Waals surface area contributed by atoms with Gasteiger partial charge in [0, 0.05) is 11.3 Å². The van der Waals surface area contributed by atoms with E-state index in [1.165, 1.54) is 5.56 Å². The maximum atomic E-state index is 12.9. The lowest BCUT2D eigenvalue weighted by molar-refractivity contribution is 0.101. The number of hydrogen-bond acceptors (Lipinski definition) is 3. The second-order valence-corrected chi connectivity index (χ2v) is 7.95. The highest BCUT2D eigenvalue weighted by Gasteiger charge is 2.19. The number of rotatable bonds is 5. The minimum Gasteiger partial charge on any atom is -0.319 e. The quantitative estimate of drug-likeness (QED) is 0.384. The third kappa shape index (κ3) is 4.63. The normalized spacial score (nSPS) is 10.8. The fraction of sp³-hybridized carbons (Fsp3) is 0.125. The van der Waals surface area contributed by atoms with Crippen molar-refractivity contribution < 1.29 is 4.79 Å². The van der Waals surface area contributed by atoms with Gasteiger partial charge in [0.05, 0.1) is 15.7 Å². The first-order chi connectivity index (χ1) is 14.9. The molecule has 0 spiro atoms. The van der Waals surface area contributed by atoms with Gasteiger partial charge in [0.25, 0.3) is 5.91 Å². The highest BCUT2D eigenvalue weighted by molar-refractivity contribution is 6.42. The fourth-order valence-corrected chi connectivity index (χ4v) is 3.40. The number of amides is 1. The van der Waals surface area contributed by atoms with Crippen LogP contribution in [-0.2, 0) is 6.42 Å². The molecule has 0 atom stereocenters. The van der Waals surface area contributed by atoms with E-state index in [4.69, 9.17) is 23.2 Å². The Balaban J connectivity index is 1.73. The van der Waals surface area contributed by atoms with Gasteiger partial charge in [-0.05, 0) is 49.2 Å². The number of anilines is 1. The molecule has 156 valence electrons. The molecule has 0 aliphatic heterocycles.